The number of carbonyl (C=O) groups is 1. The zero-order chi connectivity index (χ0) is 14.9. The quantitative estimate of drug-likeness (QED) is 0.849. The van der Waals surface area contributed by atoms with Gasteiger partial charge in [0.05, 0.1) is 23.6 Å². The predicted octanol–water partition coefficient (Wildman–Crippen LogP) is 2.06. The Hall–Kier alpha value is -2.21. The van der Waals surface area contributed by atoms with Crippen LogP contribution in [0.3, 0.4) is 0 Å². The van der Waals surface area contributed by atoms with Crippen LogP contribution in [0.15, 0.2) is 41.6 Å². The van der Waals surface area contributed by atoms with Crippen LogP contribution in [0, 0.1) is 5.92 Å². The Labute approximate surface area is 128 Å². The third-order valence-corrected chi connectivity index (χ3v) is 4.54. The molecule has 0 saturated carbocycles. The lowest BCUT2D eigenvalue weighted by Crippen LogP contribution is -2.45. The first-order valence-corrected chi connectivity index (χ1v) is 7.54. The number of rotatable bonds is 2. The molecule has 2 aliphatic heterocycles. The highest BCUT2D eigenvalue weighted by Crippen LogP contribution is 2.40. The van der Waals surface area contributed by atoms with E-state index in [9.17, 15) is 4.79 Å². The lowest BCUT2D eigenvalue weighted by Gasteiger charge is -2.33. The monoisotopic (exact) mass is 299 g/mol. The first-order valence-electron chi connectivity index (χ1n) is 7.54. The molecule has 0 N–H and O–H groups in total. The van der Waals surface area contributed by atoms with Gasteiger partial charge in [-0.3, -0.25) is 4.79 Å². The molecule has 0 unspecified atom stereocenters. The molecule has 0 spiro atoms. The van der Waals surface area contributed by atoms with Crippen LogP contribution in [0.25, 0.3) is 0 Å². The molecule has 6 heteroatoms. The largest absolute Gasteiger partial charge is 0.472 e. The Morgan fingerprint density at radius 2 is 2.32 bits per heavy atom. The van der Waals surface area contributed by atoms with Crippen molar-refractivity contribution in [2.24, 2.45) is 5.92 Å². The minimum atomic E-state index is 0.0151. The zero-order valence-electron chi connectivity index (χ0n) is 12.1. The minimum Gasteiger partial charge on any atom is -0.472 e. The van der Waals surface area contributed by atoms with Crippen LogP contribution in [0.1, 0.15) is 35.0 Å². The van der Waals surface area contributed by atoms with E-state index >= 15 is 0 Å². The van der Waals surface area contributed by atoms with Crippen LogP contribution in [0.4, 0.5) is 0 Å². The van der Waals surface area contributed by atoms with Gasteiger partial charge in [0.25, 0.3) is 5.91 Å². The molecular weight excluding hydrogens is 282 g/mol. The number of fused-ring (bicyclic) bond motifs is 1. The van der Waals surface area contributed by atoms with E-state index in [0.29, 0.717) is 18.0 Å². The van der Waals surface area contributed by atoms with Crippen LogP contribution in [-0.4, -0.2) is 40.0 Å². The fraction of sp³-hybridized carbons (Fsp3) is 0.438. The third kappa shape index (κ3) is 2.39. The van der Waals surface area contributed by atoms with Gasteiger partial charge in [-0.05, 0) is 30.9 Å². The molecule has 2 fully saturated rings. The Morgan fingerprint density at radius 1 is 1.36 bits per heavy atom. The van der Waals surface area contributed by atoms with Crippen molar-refractivity contribution in [2.45, 2.75) is 25.0 Å². The van der Waals surface area contributed by atoms with Gasteiger partial charge >= 0.3 is 0 Å². The van der Waals surface area contributed by atoms with E-state index in [1.165, 1.54) is 12.5 Å². The Bertz CT molecular complexity index is 644. The maximum atomic E-state index is 12.4. The number of hydrogen-bond donors (Lipinski definition) is 0. The summed E-state index contributed by atoms with van der Waals surface area (Å²) in [7, 11) is 0. The molecule has 2 saturated heterocycles. The first kappa shape index (κ1) is 13.5. The molecule has 4 rings (SSSR count). The van der Waals surface area contributed by atoms with Crippen molar-refractivity contribution in [3.05, 3.63) is 48.4 Å². The van der Waals surface area contributed by atoms with E-state index < -0.39 is 0 Å². The summed E-state index contributed by atoms with van der Waals surface area (Å²) in [6, 6.07) is 3.60. The minimum absolute atomic E-state index is 0.0151. The van der Waals surface area contributed by atoms with Gasteiger partial charge in [-0.2, -0.15) is 0 Å². The lowest BCUT2D eigenvalue weighted by molar-refractivity contribution is -0.00566. The molecule has 4 heterocycles. The molecule has 3 atom stereocenters. The summed E-state index contributed by atoms with van der Waals surface area (Å²) < 4.78 is 11.1. The average molecular weight is 299 g/mol. The number of ether oxygens (including phenoxy) is 1. The van der Waals surface area contributed by atoms with Crippen LogP contribution in [0.2, 0.25) is 0 Å². The average Bonchev–Trinajstić information content (AvgIpc) is 3.23. The molecule has 6 nitrogen and oxygen atoms in total. The maximum Gasteiger partial charge on any atom is 0.257 e. The van der Waals surface area contributed by atoms with E-state index in [2.05, 4.69) is 9.97 Å². The molecular formula is C16H17N3O3. The SMILES string of the molecule is O=C(c1ccoc1)N1CC[C@@H]2C[C@H](c3ccncn3)O[C@H]2C1. The summed E-state index contributed by atoms with van der Waals surface area (Å²) in [6.45, 7) is 1.40. The smallest absolute Gasteiger partial charge is 0.257 e. The van der Waals surface area contributed by atoms with Crippen molar-refractivity contribution < 1.29 is 13.9 Å². The summed E-state index contributed by atoms with van der Waals surface area (Å²) in [5, 5.41) is 0. The fourth-order valence-corrected chi connectivity index (χ4v) is 3.37. The molecule has 114 valence electrons. The van der Waals surface area contributed by atoms with E-state index in [-0.39, 0.29) is 18.1 Å². The molecule has 0 bridgehead atoms. The molecule has 1 amide bonds. The van der Waals surface area contributed by atoms with E-state index in [4.69, 9.17) is 9.15 Å². The molecule has 2 aromatic heterocycles. The Kier molecular flexibility index (Phi) is 3.38. The molecule has 0 aliphatic carbocycles. The highest BCUT2D eigenvalue weighted by molar-refractivity contribution is 5.93. The predicted molar refractivity (Wildman–Crippen MR) is 77.0 cm³/mol. The second-order valence-corrected chi connectivity index (χ2v) is 5.85. The van der Waals surface area contributed by atoms with Gasteiger partial charge in [-0.15, -0.1) is 0 Å². The number of hydrogen-bond acceptors (Lipinski definition) is 5. The summed E-state index contributed by atoms with van der Waals surface area (Å²) in [4.78, 5) is 22.5. The summed E-state index contributed by atoms with van der Waals surface area (Å²) in [6.07, 6.45) is 8.35. The van der Waals surface area contributed by atoms with Crippen LogP contribution >= 0.6 is 0 Å². The number of amides is 1. The number of piperidine rings is 1. The number of carbonyl (C=O) groups excluding carboxylic acids is 1. The number of furan rings is 1. The van der Waals surface area contributed by atoms with E-state index in [1.54, 1.807) is 18.6 Å². The Morgan fingerprint density at radius 3 is 3.09 bits per heavy atom. The second-order valence-electron chi connectivity index (χ2n) is 5.85. The second kappa shape index (κ2) is 5.53. The topological polar surface area (TPSA) is 68.5 Å². The Balaban J connectivity index is 1.45. The van der Waals surface area contributed by atoms with Gasteiger partial charge in [0.15, 0.2) is 0 Å². The summed E-state index contributed by atoms with van der Waals surface area (Å²) in [5.41, 5.74) is 1.53. The number of nitrogens with zero attached hydrogens (tertiary/aromatic N) is 3. The van der Waals surface area contributed by atoms with Gasteiger partial charge in [0, 0.05) is 19.3 Å². The van der Waals surface area contributed by atoms with Gasteiger partial charge in [-0.1, -0.05) is 0 Å². The first-order chi connectivity index (χ1) is 10.8. The van der Waals surface area contributed by atoms with Gasteiger partial charge in [0.2, 0.25) is 0 Å². The van der Waals surface area contributed by atoms with Crippen molar-refractivity contribution in [3.63, 3.8) is 0 Å². The standard InChI is InChI=1S/C16H17N3O3/c20-16(12-3-6-21-9-12)19-5-2-11-7-14(22-15(11)8-19)13-1-4-17-10-18-13/h1,3-4,6,9-11,14-15H,2,5,7-8H2/t11-,14-,15+/m1/s1. The van der Waals surface area contributed by atoms with E-state index in [0.717, 1.165) is 25.1 Å². The van der Waals surface area contributed by atoms with Gasteiger partial charge < -0.3 is 14.1 Å². The third-order valence-electron chi connectivity index (χ3n) is 4.54. The molecule has 0 aromatic carbocycles. The lowest BCUT2D eigenvalue weighted by atomic mass is 9.91. The molecule has 2 aliphatic rings. The van der Waals surface area contributed by atoms with Gasteiger partial charge in [0.1, 0.15) is 18.7 Å². The summed E-state index contributed by atoms with van der Waals surface area (Å²) >= 11 is 0. The molecule has 2 aromatic rings. The van der Waals surface area contributed by atoms with E-state index in [1.807, 2.05) is 11.0 Å². The molecule has 22 heavy (non-hydrogen) atoms. The normalized spacial score (nSPS) is 27.6. The highest BCUT2D eigenvalue weighted by Gasteiger charge is 2.41. The zero-order valence-corrected chi connectivity index (χ0v) is 12.1. The number of likely N-dealkylation sites (tertiary alicyclic amines) is 1. The van der Waals surface area contributed by atoms with Crippen LogP contribution < -0.4 is 0 Å². The number of aromatic nitrogens is 2. The highest BCUT2D eigenvalue weighted by atomic mass is 16.5. The van der Waals surface area contributed by atoms with Crippen molar-refractivity contribution in [1.82, 2.24) is 14.9 Å². The van der Waals surface area contributed by atoms with Crippen molar-refractivity contribution in [1.29, 1.82) is 0 Å². The van der Waals surface area contributed by atoms with Crippen LogP contribution in [0.5, 0.6) is 0 Å². The van der Waals surface area contributed by atoms with Crippen molar-refractivity contribution in [2.75, 3.05) is 13.1 Å². The van der Waals surface area contributed by atoms with Crippen LogP contribution in [-0.2, 0) is 4.74 Å². The van der Waals surface area contributed by atoms with Crippen molar-refractivity contribution >= 4 is 5.91 Å². The maximum absolute atomic E-state index is 12.4. The summed E-state index contributed by atoms with van der Waals surface area (Å²) in [5.74, 6) is 0.509. The van der Waals surface area contributed by atoms with Crippen molar-refractivity contribution in [3.8, 4) is 0 Å². The molecule has 0 radical (unpaired) electrons. The fourth-order valence-electron chi connectivity index (χ4n) is 3.37. The van der Waals surface area contributed by atoms with Gasteiger partial charge in [-0.25, -0.2) is 9.97 Å².